The molecule has 2 aliphatic rings. The SMILES string of the molecule is CC1(C)c2ccccc2N(c2nnc(N3c4ccccc4C(C)(C)c4ccccc43)c(C#N)c2C#N)c2ccccc21. The molecule has 0 fully saturated rings. The highest BCUT2D eigenvalue weighted by Crippen LogP contribution is 2.54. The first-order chi connectivity index (χ1) is 20.3. The molecule has 7 rings (SSSR count). The molecular formula is C36H28N6. The van der Waals surface area contributed by atoms with Crippen LogP contribution in [0.4, 0.5) is 34.4 Å². The van der Waals surface area contributed by atoms with Crippen LogP contribution in [0.3, 0.4) is 0 Å². The molecule has 202 valence electrons. The van der Waals surface area contributed by atoms with E-state index in [0.29, 0.717) is 11.6 Å². The molecular weight excluding hydrogens is 516 g/mol. The van der Waals surface area contributed by atoms with Gasteiger partial charge in [0.15, 0.2) is 11.6 Å². The quantitative estimate of drug-likeness (QED) is 0.222. The highest BCUT2D eigenvalue weighted by atomic mass is 15.3. The molecule has 42 heavy (non-hydrogen) atoms. The summed E-state index contributed by atoms with van der Waals surface area (Å²) in [4.78, 5) is 3.96. The van der Waals surface area contributed by atoms with Gasteiger partial charge in [0.2, 0.25) is 0 Å². The van der Waals surface area contributed by atoms with Crippen molar-refractivity contribution in [1.82, 2.24) is 10.2 Å². The third kappa shape index (κ3) is 3.36. The van der Waals surface area contributed by atoms with Crippen molar-refractivity contribution in [3.05, 3.63) is 130 Å². The molecule has 0 N–H and O–H groups in total. The van der Waals surface area contributed by atoms with Crippen LogP contribution in [-0.2, 0) is 10.8 Å². The summed E-state index contributed by atoms with van der Waals surface area (Å²) in [5, 5.41) is 30.8. The Hall–Kier alpha value is -5.46. The molecule has 0 aliphatic carbocycles. The Kier molecular flexibility index (Phi) is 5.48. The van der Waals surface area contributed by atoms with Gasteiger partial charge in [-0.05, 0) is 46.5 Å². The van der Waals surface area contributed by atoms with Gasteiger partial charge in [0.25, 0.3) is 0 Å². The van der Waals surface area contributed by atoms with Crippen LogP contribution in [0.25, 0.3) is 0 Å². The van der Waals surface area contributed by atoms with E-state index in [2.05, 4.69) is 64.1 Å². The summed E-state index contributed by atoms with van der Waals surface area (Å²) in [5.74, 6) is 0.680. The zero-order valence-corrected chi connectivity index (χ0v) is 23.9. The minimum absolute atomic E-state index is 0.187. The van der Waals surface area contributed by atoms with E-state index in [1.807, 2.05) is 82.6 Å². The van der Waals surface area contributed by atoms with Crippen molar-refractivity contribution >= 4 is 34.4 Å². The predicted molar refractivity (Wildman–Crippen MR) is 165 cm³/mol. The van der Waals surface area contributed by atoms with Crippen LogP contribution < -0.4 is 9.80 Å². The maximum absolute atomic E-state index is 10.6. The van der Waals surface area contributed by atoms with Gasteiger partial charge >= 0.3 is 0 Å². The average Bonchev–Trinajstić information content (AvgIpc) is 3.01. The minimum Gasteiger partial charge on any atom is -0.292 e. The largest absolute Gasteiger partial charge is 0.292 e. The first-order valence-corrected chi connectivity index (χ1v) is 14.0. The number of hydrogen-bond acceptors (Lipinski definition) is 6. The second-order valence-corrected chi connectivity index (χ2v) is 11.8. The molecule has 0 saturated carbocycles. The van der Waals surface area contributed by atoms with E-state index in [9.17, 15) is 10.5 Å². The van der Waals surface area contributed by atoms with E-state index in [-0.39, 0.29) is 22.0 Å². The number of para-hydroxylation sites is 4. The van der Waals surface area contributed by atoms with Gasteiger partial charge in [-0.2, -0.15) is 10.5 Å². The van der Waals surface area contributed by atoms with Gasteiger partial charge in [-0.3, -0.25) is 9.80 Å². The fourth-order valence-corrected chi connectivity index (χ4v) is 6.74. The van der Waals surface area contributed by atoms with Crippen LogP contribution in [-0.4, -0.2) is 10.2 Å². The summed E-state index contributed by atoms with van der Waals surface area (Å²) in [5.41, 5.74) is 7.94. The lowest BCUT2D eigenvalue weighted by atomic mass is 9.73. The Balaban J connectivity index is 1.50. The van der Waals surface area contributed by atoms with Crippen LogP contribution in [0.1, 0.15) is 61.1 Å². The number of nitriles is 2. The number of nitrogens with zero attached hydrogens (tertiary/aromatic N) is 6. The summed E-state index contributed by atoms with van der Waals surface area (Å²) < 4.78 is 0. The van der Waals surface area contributed by atoms with Gasteiger partial charge in [0.1, 0.15) is 23.3 Å². The fourth-order valence-electron chi connectivity index (χ4n) is 6.74. The molecule has 0 unspecified atom stereocenters. The summed E-state index contributed by atoms with van der Waals surface area (Å²) in [6.07, 6.45) is 0. The Morgan fingerprint density at radius 2 is 0.738 bits per heavy atom. The van der Waals surface area contributed by atoms with Crippen LogP contribution in [0.2, 0.25) is 0 Å². The predicted octanol–water partition coefficient (Wildman–Crippen LogP) is 8.44. The van der Waals surface area contributed by atoms with E-state index in [4.69, 9.17) is 10.2 Å². The smallest absolute Gasteiger partial charge is 0.179 e. The number of fused-ring (bicyclic) bond motifs is 4. The number of aromatic nitrogens is 2. The molecule has 0 radical (unpaired) electrons. The van der Waals surface area contributed by atoms with Gasteiger partial charge in [0, 0.05) is 10.8 Å². The number of benzene rings is 4. The molecule has 0 saturated heterocycles. The number of hydrogen-bond donors (Lipinski definition) is 0. The first-order valence-electron chi connectivity index (χ1n) is 14.0. The van der Waals surface area contributed by atoms with Crippen molar-refractivity contribution in [3.63, 3.8) is 0 Å². The molecule has 1 aromatic heterocycles. The molecule has 0 spiro atoms. The summed E-state index contributed by atoms with van der Waals surface area (Å²) >= 11 is 0. The summed E-state index contributed by atoms with van der Waals surface area (Å²) in [6.45, 7) is 8.82. The van der Waals surface area contributed by atoms with Gasteiger partial charge < -0.3 is 0 Å². The van der Waals surface area contributed by atoms with Crippen molar-refractivity contribution in [2.75, 3.05) is 9.80 Å². The molecule has 4 aromatic carbocycles. The normalized spacial score (nSPS) is 15.4. The van der Waals surface area contributed by atoms with Crippen LogP contribution in [0, 0.1) is 22.7 Å². The Morgan fingerprint density at radius 3 is 1.00 bits per heavy atom. The Labute approximate surface area is 245 Å². The second kappa shape index (κ2) is 9.03. The van der Waals surface area contributed by atoms with Crippen molar-refractivity contribution in [3.8, 4) is 12.1 Å². The van der Waals surface area contributed by atoms with Crippen LogP contribution >= 0.6 is 0 Å². The number of rotatable bonds is 2. The molecule has 6 nitrogen and oxygen atoms in total. The molecule has 2 aliphatic heterocycles. The lowest BCUT2D eigenvalue weighted by Gasteiger charge is -2.42. The lowest BCUT2D eigenvalue weighted by molar-refractivity contribution is 0.629. The number of anilines is 6. The van der Waals surface area contributed by atoms with Crippen LogP contribution in [0.5, 0.6) is 0 Å². The summed E-state index contributed by atoms with van der Waals surface area (Å²) in [7, 11) is 0. The topological polar surface area (TPSA) is 79.8 Å². The standard InChI is InChI=1S/C36H28N6/c1-35(2)25-13-5-9-17-29(25)41(30-18-10-6-14-26(30)35)33-23(21-37)24(22-38)34(40-39-33)42-31-19-11-7-15-27(31)36(3,4)28-16-8-12-20-32(28)42/h5-20H,1-4H3. The van der Waals surface area contributed by atoms with E-state index in [1.165, 1.54) is 0 Å². The highest BCUT2D eigenvalue weighted by molar-refractivity contribution is 5.91. The minimum atomic E-state index is -0.268. The average molecular weight is 545 g/mol. The zero-order valence-electron chi connectivity index (χ0n) is 23.9. The Morgan fingerprint density at radius 1 is 0.476 bits per heavy atom. The van der Waals surface area contributed by atoms with E-state index < -0.39 is 0 Å². The van der Waals surface area contributed by atoms with Crippen molar-refractivity contribution < 1.29 is 0 Å². The molecule has 5 aromatic rings. The lowest BCUT2D eigenvalue weighted by Crippen LogP contribution is -2.33. The van der Waals surface area contributed by atoms with Crippen molar-refractivity contribution in [2.45, 2.75) is 38.5 Å². The molecule has 3 heterocycles. The van der Waals surface area contributed by atoms with E-state index in [1.54, 1.807) is 0 Å². The fraction of sp³-hybridized carbons (Fsp3) is 0.167. The summed E-state index contributed by atoms with van der Waals surface area (Å²) in [6, 6.07) is 37.3. The van der Waals surface area contributed by atoms with Crippen molar-refractivity contribution in [2.24, 2.45) is 0 Å². The third-order valence-corrected chi connectivity index (χ3v) is 8.86. The zero-order chi connectivity index (χ0) is 29.2. The Bertz CT molecular complexity index is 1750. The van der Waals surface area contributed by atoms with Gasteiger partial charge in [-0.15, -0.1) is 10.2 Å². The molecule has 0 amide bonds. The van der Waals surface area contributed by atoms with Gasteiger partial charge in [0.05, 0.1) is 22.7 Å². The first kappa shape index (κ1) is 25.5. The van der Waals surface area contributed by atoms with E-state index in [0.717, 1.165) is 45.0 Å². The van der Waals surface area contributed by atoms with Gasteiger partial charge in [-0.1, -0.05) is 100 Å². The maximum atomic E-state index is 10.6. The van der Waals surface area contributed by atoms with Gasteiger partial charge in [-0.25, -0.2) is 0 Å². The van der Waals surface area contributed by atoms with E-state index >= 15 is 0 Å². The third-order valence-electron chi connectivity index (χ3n) is 8.86. The van der Waals surface area contributed by atoms with Crippen LogP contribution in [0.15, 0.2) is 97.1 Å². The highest BCUT2D eigenvalue weighted by Gasteiger charge is 2.41. The maximum Gasteiger partial charge on any atom is 0.179 e. The molecule has 0 atom stereocenters. The monoisotopic (exact) mass is 544 g/mol. The molecule has 6 heteroatoms. The molecule has 0 bridgehead atoms. The van der Waals surface area contributed by atoms with Crippen molar-refractivity contribution in [1.29, 1.82) is 10.5 Å². The second-order valence-electron chi connectivity index (χ2n) is 11.8.